The number of carbonyl (C=O) groups excluding carboxylic acids is 2. The summed E-state index contributed by atoms with van der Waals surface area (Å²) in [4.78, 5) is 27.4. The smallest absolute Gasteiger partial charge is 0.262 e. The van der Waals surface area contributed by atoms with E-state index in [9.17, 15) is 9.59 Å². The molecule has 21 heavy (non-hydrogen) atoms. The summed E-state index contributed by atoms with van der Waals surface area (Å²) in [5, 5.41) is 2.69. The molecule has 0 saturated carbocycles. The van der Waals surface area contributed by atoms with E-state index in [0.29, 0.717) is 0 Å². The second-order valence-corrected chi connectivity index (χ2v) is 6.03. The van der Waals surface area contributed by atoms with Crippen LogP contribution in [0.5, 0.6) is 0 Å². The number of nitrogens with two attached hydrogens (primary N) is 1. The molecule has 0 aromatic heterocycles. The van der Waals surface area contributed by atoms with Crippen molar-refractivity contribution in [2.75, 3.05) is 5.32 Å². The number of hydrogen-bond donors (Lipinski definition) is 2. The molecule has 1 aliphatic heterocycles. The predicted molar refractivity (Wildman–Crippen MR) is 86.5 cm³/mol. The van der Waals surface area contributed by atoms with Gasteiger partial charge in [0.1, 0.15) is 5.25 Å². The number of nitrogens with one attached hydrogen (secondary N) is 1. The van der Waals surface area contributed by atoms with E-state index in [4.69, 9.17) is 5.73 Å². The molecular weight excluding hydrogens is 286 g/mol. The van der Waals surface area contributed by atoms with Gasteiger partial charge in [0, 0.05) is 12.1 Å². The molecule has 0 aliphatic carbocycles. The number of carbonyl (C=O) groups is 2. The first-order chi connectivity index (χ1) is 10.0. The monoisotopic (exact) mass is 305 g/mol. The Labute approximate surface area is 128 Å². The summed E-state index contributed by atoms with van der Waals surface area (Å²) in [7, 11) is 0. The van der Waals surface area contributed by atoms with Crippen molar-refractivity contribution in [3.05, 3.63) is 29.3 Å². The van der Waals surface area contributed by atoms with Gasteiger partial charge in [-0.25, -0.2) is 0 Å². The van der Waals surface area contributed by atoms with Crippen molar-refractivity contribution in [3.63, 3.8) is 0 Å². The molecule has 2 amide bonds. The number of amidine groups is 1. The molecule has 5 nitrogen and oxygen atoms in total. The summed E-state index contributed by atoms with van der Waals surface area (Å²) in [5.41, 5.74) is 8.57. The Hall–Kier alpha value is -1.82. The number of thioether (sulfide) groups is 1. The molecule has 0 radical (unpaired) electrons. The zero-order valence-corrected chi connectivity index (χ0v) is 13.0. The summed E-state index contributed by atoms with van der Waals surface area (Å²) in [6.45, 7) is 4.10. The van der Waals surface area contributed by atoms with Gasteiger partial charge in [0.15, 0.2) is 5.17 Å². The first-order valence-electron chi connectivity index (χ1n) is 7.00. The summed E-state index contributed by atoms with van der Waals surface area (Å²) >= 11 is 1.15. The topological polar surface area (TPSA) is 84.6 Å². The minimum absolute atomic E-state index is 0.0922. The van der Waals surface area contributed by atoms with Crippen molar-refractivity contribution in [2.24, 2.45) is 10.7 Å². The number of para-hydroxylation sites is 1. The predicted octanol–water partition coefficient (Wildman–Crippen LogP) is 2.10. The molecule has 1 aromatic rings. The van der Waals surface area contributed by atoms with Gasteiger partial charge in [0.05, 0.1) is 0 Å². The van der Waals surface area contributed by atoms with Gasteiger partial charge in [0.2, 0.25) is 5.91 Å². The first kappa shape index (κ1) is 15.6. The van der Waals surface area contributed by atoms with E-state index in [0.717, 1.165) is 41.4 Å². The van der Waals surface area contributed by atoms with Gasteiger partial charge in [-0.1, -0.05) is 43.8 Å². The van der Waals surface area contributed by atoms with E-state index in [1.165, 1.54) is 0 Å². The van der Waals surface area contributed by atoms with Crippen LogP contribution in [0.25, 0.3) is 0 Å². The lowest BCUT2D eigenvalue weighted by molar-refractivity contribution is -0.121. The quantitative estimate of drug-likeness (QED) is 0.872. The average Bonchev–Trinajstić information content (AvgIpc) is 2.76. The van der Waals surface area contributed by atoms with Crippen LogP contribution < -0.4 is 11.1 Å². The van der Waals surface area contributed by atoms with Crippen molar-refractivity contribution >= 4 is 34.4 Å². The molecule has 0 spiro atoms. The van der Waals surface area contributed by atoms with Crippen LogP contribution in [0.3, 0.4) is 0 Å². The van der Waals surface area contributed by atoms with Gasteiger partial charge in [-0.05, 0) is 24.0 Å². The Kier molecular flexibility index (Phi) is 5.01. The molecule has 1 aliphatic rings. The molecule has 0 bridgehead atoms. The fourth-order valence-electron chi connectivity index (χ4n) is 2.29. The third-order valence-corrected chi connectivity index (χ3v) is 4.38. The largest absolute Gasteiger partial charge is 0.378 e. The van der Waals surface area contributed by atoms with Crippen LogP contribution in [0, 0.1) is 0 Å². The van der Waals surface area contributed by atoms with E-state index >= 15 is 0 Å². The highest BCUT2D eigenvalue weighted by Crippen LogP contribution is 2.26. The van der Waals surface area contributed by atoms with Crippen LogP contribution in [0.15, 0.2) is 23.2 Å². The van der Waals surface area contributed by atoms with E-state index in [2.05, 4.69) is 24.2 Å². The lowest BCUT2D eigenvalue weighted by Gasteiger charge is -2.15. The molecular formula is C15H19N3O2S. The Morgan fingerprint density at radius 3 is 2.43 bits per heavy atom. The van der Waals surface area contributed by atoms with Crippen molar-refractivity contribution in [2.45, 2.75) is 38.4 Å². The van der Waals surface area contributed by atoms with Crippen LogP contribution in [-0.4, -0.2) is 22.2 Å². The Bertz CT molecular complexity index is 576. The molecule has 0 saturated heterocycles. The van der Waals surface area contributed by atoms with Gasteiger partial charge in [-0.2, -0.15) is 4.99 Å². The van der Waals surface area contributed by atoms with Gasteiger partial charge in [-0.15, -0.1) is 0 Å². The highest BCUT2D eigenvalue weighted by atomic mass is 32.2. The maximum absolute atomic E-state index is 12.2. The molecule has 1 heterocycles. The molecule has 1 aromatic carbocycles. The molecule has 2 rings (SSSR count). The van der Waals surface area contributed by atoms with Crippen molar-refractivity contribution in [3.8, 4) is 0 Å². The van der Waals surface area contributed by atoms with Crippen LogP contribution in [0.4, 0.5) is 5.69 Å². The summed E-state index contributed by atoms with van der Waals surface area (Å²) in [6.07, 6.45) is 1.78. The maximum Gasteiger partial charge on any atom is 0.262 e. The number of aliphatic imine (C=N–C) groups is 1. The third-order valence-electron chi connectivity index (χ3n) is 3.39. The third kappa shape index (κ3) is 3.64. The number of nitrogens with zero attached hydrogens (tertiary/aromatic N) is 1. The lowest BCUT2D eigenvalue weighted by Crippen LogP contribution is -2.22. The first-order valence-corrected chi connectivity index (χ1v) is 7.88. The van der Waals surface area contributed by atoms with Gasteiger partial charge >= 0.3 is 0 Å². The number of rotatable bonds is 5. The number of amides is 2. The van der Waals surface area contributed by atoms with E-state index in [1.54, 1.807) is 0 Å². The minimum Gasteiger partial charge on any atom is -0.378 e. The maximum atomic E-state index is 12.2. The van der Waals surface area contributed by atoms with Gasteiger partial charge < -0.3 is 11.1 Å². The lowest BCUT2D eigenvalue weighted by atomic mass is 10.0. The normalized spacial score (nSPS) is 17.7. The second kappa shape index (κ2) is 6.76. The minimum atomic E-state index is -0.496. The standard InChI is InChI=1S/C15H19N3O2S/c1-3-9-6-5-7-10(4-2)13(9)17-12(19)8-11-14(20)18-15(16)21-11/h5-7,11H,3-4,8H2,1-2H3,(H,17,19)(H2,16,18,20)/t11-/m1/s1. The zero-order chi connectivity index (χ0) is 15.4. The molecule has 6 heteroatoms. The second-order valence-electron chi connectivity index (χ2n) is 4.81. The molecule has 0 fully saturated rings. The molecule has 3 N–H and O–H groups in total. The van der Waals surface area contributed by atoms with Crippen molar-refractivity contribution in [1.29, 1.82) is 0 Å². The number of aryl methyl sites for hydroxylation is 2. The highest BCUT2D eigenvalue weighted by molar-refractivity contribution is 8.15. The van der Waals surface area contributed by atoms with E-state index in [-0.39, 0.29) is 23.4 Å². The van der Waals surface area contributed by atoms with E-state index in [1.807, 2.05) is 18.2 Å². The number of benzene rings is 1. The number of anilines is 1. The summed E-state index contributed by atoms with van der Waals surface area (Å²) < 4.78 is 0. The summed E-state index contributed by atoms with van der Waals surface area (Å²) in [5.74, 6) is -0.506. The Balaban J connectivity index is 2.08. The van der Waals surface area contributed by atoms with Gasteiger partial charge in [-0.3, -0.25) is 9.59 Å². The van der Waals surface area contributed by atoms with Crippen LogP contribution in [-0.2, 0) is 22.4 Å². The van der Waals surface area contributed by atoms with Crippen LogP contribution in [0.1, 0.15) is 31.4 Å². The van der Waals surface area contributed by atoms with Crippen molar-refractivity contribution < 1.29 is 9.59 Å². The Morgan fingerprint density at radius 1 is 1.33 bits per heavy atom. The highest BCUT2D eigenvalue weighted by Gasteiger charge is 2.29. The van der Waals surface area contributed by atoms with E-state index < -0.39 is 5.25 Å². The Morgan fingerprint density at radius 2 is 1.95 bits per heavy atom. The molecule has 0 unspecified atom stereocenters. The fourth-order valence-corrected chi connectivity index (χ4v) is 3.12. The van der Waals surface area contributed by atoms with Crippen LogP contribution in [0.2, 0.25) is 0 Å². The SMILES string of the molecule is CCc1cccc(CC)c1NC(=O)C[C@H]1SC(N)=NC1=O. The fraction of sp³-hybridized carbons (Fsp3) is 0.400. The van der Waals surface area contributed by atoms with Gasteiger partial charge in [0.25, 0.3) is 5.91 Å². The molecule has 1 atom stereocenters. The average molecular weight is 305 g/mol. The summed E-state index contributed by atoms with van der Waals surface area (Å²) in [6, 6.07) is 6.01. The van der Waals surface area contributed by atoms with Crippen LogP contribution >= 0.6 is 11.8 Å². The zero-order valence-electron chi connectivity index (χ0n) is 12.2. The molecule has 112 valence electrons. The number of hydrogen-bond acceptors (Lipinski definition) is 4. The van der Waals surface area contributed by atoms with Crippen molar-refractivity contribution in [1.82, 2.24) is 0 Å².